The maximum absolute atomic E-state index is 12.1. The summed E-state index contributed by atoms with van der Waals surface area (Å²) in [5, 5.41) is 5.83. The molecular weight excluding hydrogens is 366 g/mol. The Bertz CT molecular complexity index is 649. The minimum atomic E-state index is -0.437. The van der Waals surface area contributed by atoms with Gasteiger partial charge >= 0.3 is 6.09 Å². The zero-order valence-corrected chi connectivity index (χ0v) is 15.4. The van der Waals surface area contributed by atoms with Crippen molar-refractivity contribution < 1.29 is 9.53 Å². The van der Waals surface area contributed by atoms with Crippen molar-refractivity contribution in [2.45, 2.75) is 45.3 Å². The molecule has 0 aromatic carbocycles. The normalized spacial score (nSPS) is 17.2. The molecule has 5 nitrogen and oxygen atoms in total. The van der Waals surface area contributed by atoms with Gasteiger partial charge in [0.25, 0.3) is 0 Å². The van der Waals surface area contributed by atoms with Crippen molar-refractivity contribution in [3.05, 3.63) is 16.0 Å². The van der Waals surface area contributed by atoms with Gasteiger partial charge in [-0.3, -0.25) is 4.68 Å². The smallest absolute Gasteiger partial charge is 0.410 e. The molecule has 22 heavy (non-hydrogen) atoms. The number of thiophene rings is 1. The van der Waals surface area contributed by atoms with E-state index >= 15 is 0 Å². The molecule has 3 rings (SSSR count). The SMILES string of the molecule is CC(C)(C)OC(=O)N1CCC(n2cc3cc(Br)sc3n2)CC1. The minimum Gasteiger partial charge on any atom is -0.444 e. The number of nitrogens with zero attached hydrogens (tertiary/aromatic N) is 3. The number of carbonyl (C=O) groups is 1. The first kappa shape index (κ1) is 15.8. The number of aromatic nitrogens is 2. The first-order valence-electron chi connectivity index (χ1n) is 7.44. The molecule has 0 N–H and O–H groups in total. The van der Waals surface area contributed by atoms with Crippen molar-refractivity contribution in [2.75, 3.05) is 13.1 Å². The molecule has 1 aliphatic rings. The quantitative estimate of drug-likeness (QED) is 0.728. The summed E-state index contributed by atoms with van der Waals surface area (Å²) in [6.07, 6.45) is 3.71. The number of piperidine rings is 1. The van der Waals surface area contributed by atoms with Gasteiger partial charge < -0.3 is 9.64 Å². The number of amides is 1. The van der Waals surface area contributed by atoms with Crippen LogP contribution in [-0.2, 0) is 4.74 Å². The average molecular weight is 386 g/mol. The number of ether oxygens (including phenoxy) is 1. The van der Waals surface area contributed by atoms with Crippen LogP contribution >= 0.6 is 27.3 Å². The third kappa shape index (κ3) is 3.46. The van der Waals surface area contributed by atoms with Crippen LogP contribution in [0.3, 0.4) is 0 Å². The summed E-state index contributed by atoms with van der Waals surface area (Å²) in [6.45, 7) is 7.12. The van der Waals surface area contributed by atoms with Crippen LogP contribution in [0.2, 0.25) is 0 Å². The van der Waals surface area contributed by atoms with E-state index in [4.69, 9.17) is 4.74 Å². The Morgan fingerprint density at radius 1 is 1.41 bits per heavy atom. The maximum atomic E-state index is 12.1. The number of hydrogen-bond donors (Lipinski definition) is 0. The lowest BCUT2D eigenvalue weighted by molar-refractivity contribution is 0.0185. The van der Waals surface area contributed by atoms with Crippen molar-refractivity contribution in [1.29, 1.82) is 0 Å². The number of hydrogen-bond acceptors (Lipinski definition) is 4. The van der Waals surface area contributed by atoms with Crippen LogP contribution in [0, 0.1) is 0 Å². The highest BCUT2D eigenvalue weighted by Crippen LogP contribution is 2.31. The van der Waals surface area contributed by atoms with Crippen LogP contribution in [0.5, 0.6) is 0 Å². The Labute approximate surface area is 142 Å². The molecule has 0 unspecified atom stereocenters. The summed E-state index contributed by atoms with van der Waals surface area (Å²) in [6, 6.07) is 2.45. The minimum absolute atomic E-state index is 0.212. The van der Waals surface area contributed by atoms with Crippen LogP contribution in [-0.4, -0.2) is 39.5 Å². The molecule has 3 heterocycles. The molecular formula is C15H20BrN3O2S. The Morgan fingerprint density at radius 2 is 2.09 bits per heavy atom. The highest BCUT2D eigenvalue weighted by molar-refractivity contribution is 9.11. The number of rotatable bonds is 1. The zero-order chi connectivity index (χ0) is 15.9. The molecule has 1 amide bonds. The summed E-state index contributed by atoms with van der Waals surface area (Å²) in [4.78, 5) is 14.9. The number of likely N-dealkylation sites (tertiary alicyclic amines) is 1. The third-order valence-electron chi connectivity index (χ3n) is 3.68. The van der Waals surface area contributed by atoms with Gasteiger partial charge in [0.2, 0.25) is 0 Å². The van der Waals surface area contributed by atoms with Gasteiger partial charge in [-0.2, -0.15) is 5.10 Å². The van der Waals surface area contributed by atoms with Gasteiger partial charge in [-0.25, -0.2) is 4.79 Å². The van der Waals surface area contributed by atoms with Gasteiger partial charge in [-0.05, 0) is 55.6 Å². The predicted molar refractivity (Wildman–Crippen MR) is 91.4 cm³/mol. The fourth-order valence-corrected chi connectivity index (χ4v) is 4.08. The van der Waals surface area contributed by atoms with Crippen molar-refractivity contribution >= 4 is 43.6 Å². The van der Waals surface area contributed by atoms with E-state index in [2.05, 4.69) is 38.0 Å². The molecule has 0 aliphatic carbocycles. The predicted octanol–water partition coefficient (Wildman–Crippen LogP) is 4.43. The fourth-order valence-electron chi connectivity index (χ4n) is 2.64. The molecule has 7 heteroatoms. The molecule has 1 aliphatic heterocycles. The van der Waals surface area contributed by atoms with Gasteiger partial charge in [0.05, 0.1) is 9.83 Å². The largest absolute Gasteiger partial charge is 0.444 e. The topological polar surface area (TPSA) is 47.4 Å². The average Bonchev–Trinajstić information content (AvgIpc) is 2.94. The molecule has 1 saturated heterocycles. The van der Waals surface area contributed by atoms with E-state index in [0.29, 0.717) is 6.04 Å². The maximum Gasteiger partial charge on any atom is 0.410 e. The summed E-state index contributed by atoms with van der Waals surface area (Å²) < 4.78 is 8.59. The molecule has 2 aromatic heterocycles. The van der Waals surface area contributed by atoms with Crippen molar-refractivity contribution in [2.24, 2.45) is 0 Å². The second-order valence-corrected chi connectivity index (χ2v) is 9.03. The Balaban J connectivity index is 1.61. The van der Waals surface area contributed by atoms with Crippen LogP contribution in [0.15, 0.2) is 16.0 Å². The summed E-state index contributed by atoms with van der Waals surface area (Å²) in [7, 11) is 0. The summed E-state index contributed by atoms with van der Waals surface area (Å²) >= 11 is 5.13. The van der Waals surface area contributed by atoms with Crippen molar-refractivity contribution in [3.8, 4) is 0 Å². The van der Waals surface area contributed by atoms with Gasteiger partial charge in [0.15, 0.2) is 0 Å². The molecule has 120 valence electrons. The van der Waals surface area contributed by atoms with Gasteiger partial charge in [-0.1, -0.05) is 0 Å². The third-order valence-corrected chi connectivity index (χ3v) is 5.22. The van der Waals surface area contributed by atoms with E-state index in [1.54, 1.807) is 16.2 Å². The highest BCUT2D eigenvalue weighted by atomic mass is 79.9. The Hall–Kier alpha value is -1.08. The first-order chi connectivity index (χ1) is 10.3. The zero-order valence-electron chi connectivity index (χ0n) is 13.0. The number of fused-ring (bicyclic) bond motifs is 1. The molecule has 0 spiro atoms. The lowest BCUT2D eigenvalue weighted by Gasteiger charge is -2.33. The van der Waals surface area contributed by atoms with E-state index in [1.165, 1.54) is 5.39 Å². The number of carbonyl (C=O) groups excluding carboxylic acids is 1. The van der Waals surface area contributed by atoms with Gasteiger partial charge in [0.1, 0.15) is 10.4 Å². The second-order valence-electron chi connectivity index (χ2n) is 6.62. The number of halogens is 1. The molecule has 1 fully saturated rings. The van der Waals surface area contributed by atoms with E-state index in [9.17, 15) is 4.79 Å². The van der Waals surface area contributed by atoms with E-state index in [1.807, 2.05) is 20.8 Å². The van der Waals surface area contributed by atoms with E-state index < -0.39 is 5.60 Å². The van der Waals surface area contributed by atoms with Gasteiger partial charge in [-0.15, -0.1) is 11.3 Å². The molecule has 2 aromatic rings. The standard InChI is InChI=1S/C15H20BrN3O2S/c1-15(2,3)21-14(20)18-6-4-11(5-7-18)19-9-10-8-12(16)22-13(10)17-19/h8-9,11H,4-7H2,1-3H3. The Kier molecular flexibility index (Phi) is 4.20. The second kappa shape index (κ2) is 5.85. The lowest BCUT2D eigenvalue weighted by atomic mass is 10.1. The van der Waals surface area contributed by atoms with Crippen LogP contribution < -0.4 is 0 Å². The monoisotopic (exact) mass is 385 g/mol. The fraction of sp³-hybridized carbons (Fsp3) is 0.600. The molecule has 0 bridgehead atoms. The summed E-state index contributed by atoms with van der Waals surface area (Å²) in [5.41, 5.74) is -0.437. The Morgan fingerprint density at radius 3 is 2.68 bits per heavy atom. The molecule has 0 radical (unpaired) electrons. The molecule has 0 saturated carbocycles. The highest BCUT2D eigenvalue weighted by Gasteiger charge is 2.28. The van der Waals surface area contributed by atoms with Crippen LogP contribution in [0.4, 0.5) is 4.79 Å². The lowest BCUT2D eigenvalue weighted by Crippen LogP contribution is -2.42. The van der Waals surface area contributed by atoms with Crippen molar-refractivity contribution in [3.63, 3.8) is 0 Å². The van der Waals surface area contributed by atoms with Crippen LogP contribution in [0.25, 0.3) is 10.2 Å². The van der Waals surface area contributed by atoms with E-state index in [0.717, 1.165) is 34.5 Å². The van der Waals surface area contributed by atoms with Gasteiger partial charge in [0, 0.05) is 24.7 Å². The first-order valence-corrected chi connectivity index (χ1v) is 9.05. The summed E-state index contributed by atoms with van der Waals surface area (Å²) in [5.74, 6) is 0. The van der Waals surface area contributed by atoms with Crippen molar-refractivity contribution in [1.82, 2.24) is 14.7 Å². The molecule has 0 atom stereocenters. The van der Waals surface area contributed by atoms with E-state index in [-0.39, 0.29) is 6.09 Å². The van der Waals surface area contributed by atoms with Crippen LogP contribution in [0.1, 0.15) is 39.7 Å².